The molecule has 0 heterocycles. The summed E-state index contributed by atoms with van der Waals surface area (Å²) in [5.41, 5.74) is 1.11. The molecule has 0 aromatic heterocycles. The zero-order valence-electron chi connectivity index (χ0n) is 22.8. The van der Waals surface area contributed by atoms with Crippen LogP contribution in [0.1, 0.15) is 90.3 Å². The van der Waals surface area contributed by atoms with Crippen LogP contribution in [0.15, 0.2) is 24.3 Å². The smallest absolute Gasteiger partial charge is 0.236 e. The van der Waals surface area contributed by atoms with Crippen molar-refractivity contribution in [3.63, 3.8) is 0 Å². The maximum atomic E-state index is 15.0. The Kier molecular flexibility index (Phi) is 8.40. The molecule has 0 aliphatic heterocycles. The number of methoxy groups -OCH3 is 3. The van der Waals surface area contributed by atoms with E-state index in [2.05, 4.69) is 20.8 Å². The van der Waals surface area contributed by atoms with Crippen LogP contribution in [-0.2, 0) is 9.98 Å². The summed E-state index contributed by atoms with van der Waals surface area (Å²) in [7, 11) is 0.243. The molecule has 0 radical (unpaired) electrons. The number of ether oxygens (including phenoxy) is 3. The van der Waals surface area contributed by atoms with Gasteiger partial charge < -0.3 is 18.8 Å². The van der Waals surface area contributed by atoms with E-state index in [0.29, 0.717) is 24.2 Å². The second-order valence-electron chi connectivity index (χ2n) is 10.7. The fraction of sp³-hybridized carbons (Fsp3) is 0.517. The van der Waals surface area contributed by atoms with Gasteiger partial charge in [-0.2, -0.15) is 0 Å². The van der Waals surface area contributed by atoms with E-state index in [9.17, 15) is 9.59 Å². The molecule has 0 bridgehead atoms. The molecule has 1 atom stereocenters. The average Bonchev–Trinajstić information content (AvgIpc) is 2.86. The number of benzene rings is 2. The third kappa shape index (κ3) is 5.11. The molecule has 3 rings (SSSR count). The van der Waals surface area contributed by atoms with Crippen molar-refractivity contribution in [3.05, 3.63) is 52.1 Å². The van der Waals surface area contributed by atoms with E-state index >= 15 is 4.57 Å². The van der Waals surface area contributed by atoms with Gasteiger partial charge in [-0.25, -0.2) is 0 Å². The highest BCUT2D eigenvalue weighted by Gasteiger charge is 2.50. The summed E-state index contributed by atoms with van der Waals surface area (Å²) in [5, 5.41) is 0. The van der Waals surface area contributed by atoms with Crippen LogP contribution in [0.5, 0.6) is 17.2 Å². The standard InChI is InChI=1S/C29H39O6P/c1-18-14-20(29(3,4)5)15-19(2)25(18)27(30)36(32,22-12-10-9-11-13-22)28(31)26-23(34-7)16-21(33-6)17-24(26)35-8/h14-17,22H,9-13H2,1-8H3. The summed E-state index contributed by atoms with van der Waals surface area (Å²) in [6.07, 6.45) is 3.84. The van der Waals surface area contributed by atoms with Gasteiger partial charge in [-0.15, -0.1) is 0 Å². The molecule has 0 spiro atoms. The van der Waals surface area contributed by atoms with Crippen molar-refractivity contribution < 1.29 is 28.4 Å². The fourth-order valence-corrected chi connectivity index (χ4v) is 8.33. The average molecular weight is 515 g/mol. The van der Waals surface area contributed by atoms with Crippen LogP contribution >= 0.6 is 7.14 Å². The maximum absolute atomic E-state index is 15.0. The number of carbonyl (C=O) groups excluding carboxylic acids is 2. The van der Waals surface area contributed by atoms with E-state index in [4.69, 9.17) is 14.2 Å². The highest BCUT2D eigenvalue weighted by molar-refractivity contribution is 7.96. The van der Waals surface area contributed by atoms with E-state index in [1.807, 2.05) is 26.0 Å². The molecule has 2 aromatic rings. The number of carbonyl (C=O) groups is 2. The van der Waals surface area contributed by atoms with E-state index in [0.717, 1.165) is 36.0 Å². The molecule has 0 N–H and O–H groups in total. The molecule has 0 saturated heterocycles. The fourth-order valence-electron chi connectivity index (χ4n) is 5.15. The summed E-state index contributed by atoms with van der Waals surface area (Å²) >= 11 is 0. The van der Waals surface area contributed by atoms with E-state index < -0.39 is 23.8 Å². The number of aryl methyl sites for hydroxylation is 2. The number of hydrogen-bond acceptors (Lipinski definition) is 6. The maximum Gasteiger partial charge on any atom is 0.236 e. The minimum atomic E-state index is -4.11. The number of hydrogen-bond donors (Lipinski definition) is 0. The van der Waals surface area contributed by atoms with Gasteiger partial charge in [0.15, 0.2) is 0 Å². The van der Waals surface area contributed by atoms with Crippen molar-refractivity contribution in [2.75, 3.05) is 21.3 Å². The van der Waals surface area contributed by atoms with Crippen LogP contribution in [-0.4, -0.2) is 38.0 Å². The van der Waals surface area contributed by atoms with Crippen LogP contribution < -0.4 is 14.2 Å². The van der Waals surface area contributed by atoms with E-state index in [1.165, 1.54) is 21.3 Å². The summed E-state index contributed by atoms with van der Waals surface area (Å²) in [6.45, 7) is 10.1. The Hall–Kier alpha value is -2.59. The van der Waals surface area contributed by atoms with Crippen LogP contribution in [0.3, 0.4) is 0 Å². The van der Waals surface area contributed by atoms with Crippen molar-refractivity contribution in [1.29, 1.82) is 0 Å². The number of rotatable bonds is 8. The van der Waals surface area contributed by atoms with Gasteiger partial charge in [-0.3, -0.25) is 9.59 Å². The summed E-state index contributed by atoms with van der Waals surface area (Å²) in [6, 6.07) is 7.06. The summed E-state index contributed by atoms with van der Waals surface area (Å²) in [4.78, 5) is 28.6. The zero-order chi connectivity index (χ0) is 26.8. The lowest BCUT2D eigenvalue weighted by atomic mass is 9.84. The first kappa shape index (κ1) is 28.0. The lowest BCUT2D eigenvalue weighted by Gasteiger charge is -2.30. The van der Waals surface area contributed by atoms with Gasteiger partial charge in [0.2, 0.25) is 18.2 Å². The van der Waals surface area contributed by atoms with Gasteiger partial charge in [0.1, 0.15) is 22.8 Å². The lowest BCUT2D eigenvalue weighted by molar-refractivity contribution is 0.103. The Labute approximate surface area is 215 Å². The molecule has 1 fully saturated rings. The minimum absolute atomic E-state index is 0.0321. The van der Waals surface area contributed by atoms with Crippen molar-refractivity contribution >= 4 is 18.2 Å². The van der Waals surface area contributed by atoms with Crippen molar-refractivity contribution in [2.45, 2.75) is 77.8 Å². The molecule has 0 amide bonds. The molecular formula is C29H39O6P. The Morgan fingerprint density at radius 3 is 1.67 bits per heavy atom. The monoisotopic (exact) mass is 514 g/mol. The van der Waals surface area contributed by atoms with Gasteiger partial charge in [0.25, 0.3) is 0 Å². The molecule has 6 nitrogen and oxygen atoms in total. The first-order valence-corrected chi connectivity index (χ1v) is 14.3. The van der Waals surface area contributed by atoms with Crippen LogP contribution in [0, 0.1) is 13.8 Å². The van der Waals surface area contributed by atoms with Crippen molar-refractivity contribution in [3.8, 4) is 17.2 Å². The molecule has 1 aliphatic carbocycles. The van der Waals surface area contributed by atoms with Crippen LogP contribution in [0.25, 0.3) is 0 Å². The molecule has 36 heavy (non-hydrogen) atoms. The highest BCUT2D eigenvalue weighted by Crippen LogP contribution is 2.62. The highest BCUT2D eigenvalue weighted by atomic mass is 31.2. The van der Waals surface area contributed by atoms with Crippen LogP contribution in [0.2, 0.25) is 0 Å². The summed E-state index contributed by atoms with van der Waals surface area (Å²) in [5.74, 6) is 0.789. The second kappa shape index (κ2) is 10.8. The Morgan fingerprint density at radius 2 is 1.25 bits per heavy atom. The van der Waals surface area contributed by atoms with Crippen LogP contribution in [0.4, 0.5) is 0 Å². The largest absolute Gasteiger partial charge is 0.496 e. The molecule has 1 saturated carbocycles. The SMILES string of the molecule is COc1cc(OC)c(C(=O)P(=O)(C(=O)c2c(C)cc(C(C)(C)C)cc2C)C2CCCCC2)c(OC)c1. The minimum Gasteiger partial charge on any atom is -0.496 e. The lowest BCUT2D eigenvalue weighted by Crippen LogP contribution is -2.25. The Morgan fingerprint density at radius 1 is 0.778 bits per heavy atom. The van der Waals surface area contributed by atoms with Crippen molar-refractivity contribution in [1.82, 2.24) is 0 Å². The molecule has 1 unspecified atom stereocenters. The van der Waals surface area contributed by atoms with Gasteiger partial charge >= 0.3 is 0 Å². The van der Waals surface area contributed by atoms with Gasteiger partial charge in [-0.05, 0) is 48.8 Å². The second-order valence-corrected chi connectivity index (χ2v) is 13.6. The summed E-state index contributed by atoms with van der Waals surface area (Å²) < 4.78 is 31.3. The normalized spacial score (nSPS) is 16.2. The molecular weight excluding hydrogens is 475 g/mol. The Balaban J connectivity index is 2.26. The van der Waals surface area contributed by atoms with Gasteiger partial charge in [0.05, 0.1) is 21.3 Å². The molecule has 2 aromatic carbocycles. The predicted molar refractivity (Wildman–Crippen MR) is 144 cm³/mol. The molecule has 196 valence electrons. The molecule has 1 aliphatic rings. The first-order valence-electron chi connectivity index (χ1n) is 12.5. The van der Waals surface area contributed by atoms with Gasteiger partial charge in [0, 0.05) is 23.4 Å². The molecule has 7 heteroatoms. The first-order chi connectivity index (χ1) is 16.9. The van der Waals surface area contributed by atoms with Crippen molar-refractivity contribution in [2.24, 2.45) is 0 Å². The topological polar surface area (TPSA) is 78.9 Å². The van der Waals surface area contributed by atoms with E-state index in [-0.39, 0.29) is 22.5 Å². The Bertz CT molecular complexity index is 1150. The third-order valence-corrected chi connectivity index (χ3v) is 10.4. The third-order valence-electron chi connectivity index (χ3n) is 7.23. The predicted octanol–water partition coefficient (Wildman–Crippen LogP) is 7.30. The quantitative estimate of drug-likeness (QED) is 0.344. The van der Waals surface area contributed by atoms with E-state index in [1.54, 1.807) is 12.1 Å². The van der Waals surface area contributed by atoms with Gasteiger partial charge in [-0.1, -0.05) is 52.2 Å². The zero-order valence-corrected chi connectivity index (χ0v) is 23.7.